The van der Waals surface area contributed by atoms with Crippen LogP contribution in [0.1, 0.15) is 48.7 Å². The number of sulfonamides is 1. The number of nitrogens with zero attached hydrogens (tertiary/aromatic N) is 3. The molecule has 1 aromatic carbocycles. The Hall–Kier alpha value is -2.78. The molecule has 2 saturated carbocycles. The number of anilines is 2. The normalized spacial score (nSPS) is 16.7. The summed E-state index contributed by atoms with van der Waals surface area (Å²) in [5.74, 6) is 1.09. The third kappa shape index (κ3) is 4.46. The van der Waals surface area contributed by atoms with E-state index in [1.807, 2.05) is 6.07 Å². The number of aromatic amines is 1. The van der Waals surface area contributed by atoms with E-state index in [1.165, 1.54) is 12.8 Å². The van der Waals surface area contributed by atoms with E-state index in [2.05, 4.69) is 36.3 Å². The summed E-state index contributed by atoms with van der Waals surface area (Å²) in [6.07, 6.45) is 6.63. The molecule has 29 heavy (non-hydrogen) atoms. The molecule has 2 heterocycles. The summed E-state index contributed by atoms with van der Waals surface area (Å²) in [4.78, 5) is 9.07. The van der Waals surface area contributed by atoms with Gasteiger partial charge < -0.3 is 5.32 Å². The van der Waals surface area contributed by atoms with E-state index < -0.39 is 10.0 Å². The highest BCUT2D eigenvalue weighted by Gasteiger charge is 2.28. The summed E-state index contributed by atoms with van der Waals surface area (Å²) >= 11 is 0. The molecule has 0 saturated heterocycles. The van der Waals surface area contributed by atoms with Gasteiger partial charge in [0, 0.05) is 36.0 Å². The van der Waals surface area contributed by atoms with Gasteiger partial charge in [0.05, 0.1) is 16.3 Å². The lowest BCUT2D eigenvalue weighted by Crippen LogP contribution is -2.25. The molecule has 8 nitrogen and oxygen atoms in total. The first-order chi connectivity index (χ1) is 14.0. The van der Waals surface area contributed by atoms with Crippen LogP contribution in [0.2, 0.25) is 0 Å². The number of benzene rings is 1. The van der Waals surface area contributed by atoms with Gasteiger partial charge in [-0.05, 0) is 62.1 Å². The van der Waals surface area contributed by atoms with E-state index in [1.54, 1.807) is 30.5 Å². The molecule has 2 aliphatic carbocycles. The summed E-state index contributed by atoms with van der Waals surface area (Å²) in [6, 6.07) is 10.7. The zero-order valence-corrected chi connectivity index (χ0v) is 16.6. The van der Waals surface area contributed by atoms with Gasteiger partial charge in [0.1, 0.15) is 0 Å². The molecular weight excluding hydrogens is 388 g/mol. The van der Waals surface area contributed by atoms with Crippen molar-refractivity contribution < 1.29 is 8.42 Å². The average molecular weight is 411 g/mol. The van der Waals surface area contributed by atoms with Gasteiger partial charge in [0.25, 0.3) is 0 Å². The second-order valence-electron chi connectivity index (χ2n) is 7.69. The summed E-state index contributed by atoms with van der Waals surface area (Å²) < 4.78 is 27.2. The largest absolute Gasteiger partial charge is 0.324 e. The summed E-state index contributed by atoms with van der Waals surface area (Å²) in [7, 11) is -3.45. The Bertz CT molecular complexity index is 1120. The number of hydrogen-bond donors (Lipinski definition) is 3. The Balaban J connectivity index is 1.25. The molecule has 2 aromatic heterocycles. The minimum absolute atomic E-state index is 0.0872. The van der Waals surface area contributed by atoms with Crippen molar-refractivity contribution in [2.24, 2.45) is 0 Å². The molecule has 3 aromatic rings. The van der Waals surface area contributed by atoms with Crippen LogP contribution in [0.3, 0.4) is 0 Å². The zero-order valence-electron chi connectivity index (χ0n) is 15.8. The van der Waals surface area contributed by atoms with Crippen LogP contribution in [0.25, 0.3) is 0 Å². The smallest absolute Gasteiger partial charge is 0.240 e. The summed E-state index contributed by atoms with van der Waals surface area (Å²) in [5.41, 5.74) is 3.78. The van der Waals surface area contributed by atoms with Crippen LogP contribution in [0.4, 0.5) is 11.6 Å². The lowest BCUT2D eigenvalue weighted by Gasteiger charge is -2.08. The number of H-pyrrole nitrogens is 1. The van der Waals surface area contributed by atoms with Gasteiger partial charge in [-0.1, -0.05) is 0 Å². The molecule has 0 unspecified atom stereocenters. The maximum Gasteiger partial charge on any atom is 0.240 e. The Morgan fingerprint density at radius 1 is 1.07 bits per heavy atom. The average Bonchev–Trinajstić information content (AvgIpc) is 3.63. The highest BCUT2D eigenvalue weighted by molar-refractivity contribution is 7.89. The third-order valence-corrected chi connectivity index (χ3v) is 6.59. The zero-order chi connectivity index (χ0) is 19.8. The molecule has 2 aliphatic rings. The van der Waals surface area contributed by atoms with Crippen molar-refractivity contribution in [2.75, 3.05) is 5.32 Å². The number of nitrogens with one attached hydrogen (secondary N) is 3. The van der Waals surface area contributed by atoms with Crippen molar-refractivity contribution >= 4 is 21.7 Å². The number of rotatable bonds is 8. The highest BCUT2D eigenvalue weighted by atomic mass is 32.2. The molecule has 0 radical (unpaired) electrons. The topological polar surface area (TPSA) is 113 Å². The van der Waals surface area contributed by atoms with E-state index >= 15 is 0 Å². The van der Waals surface area contributed by atoms with Gasteiger partial charge >= 0.3 is 0 Å². The fourth-order valence-corrected chi connectivity index (χ4v) is 4.45. The molecule has 0 atom stereocenters. The quantitative estimate of drug-likeness (QED) is 0.526. The van der Waals surface area contributed by atoms with E-state index in [0.29, 0.717) is 18.3 Å². The van der Waals surface area contributed by atoms with Crippen molar-refractivity contribution in [3.05, 3.63) is 59.7 Å². The van der Waals surface area contributed by atoms with Crippen molar-refractivity contribution in [1.29, 1.82) is 0 Å². The van der Waals surface area contributed by atoms with Gasteiger partial charge in [-0.25, -0.2) is 23.1 Å². The monoisotopic (exact) mass is 410 g/mol. The molecule has 0 amide bonds. The van der Waals surface area contributed by atoms with Gasteiger partial charge in [-0.2, -0.15) is 5.10 Å². The lowest BCUT2D eigenvalue weighted by molar-refractivity contribution is 0.581. The van der Waals surface area contributed by atoms with Gasteiger partial charge in [-0.15, -0.1) is 0 Å². The van der Waals surface area contributed by atoms with Gasteiger partial charge in [0.15, 0.2) is 0 Å². The molecule has 0 spiro atoms. The molecular formula is C20H22N6O2S. The van der Waals surface area contributed by atoms with Crippen LogP contribution >= 0.6 is 0 Å². The minimum Gasteiger partial charge on any atom is -0.324 e. The first-order valence-corrected chi connectivity index (χ1v) is 11.3. The maximum atomic E-state index is 12.3. The molecule has 9 heteroatoms. The number of aromatic nitrogens is 4. The van der Waals surface area contributed by atoms with Crippen LogP contribution in [0, 0.1) is 0 Å². The molecule has 2 fully saturated rings. The van der Waals surface area contributed by atoms with Crippen molar-refractivity contribution in [3.63, 3.8) is 0 Å². The molecule has 3 N–H and O–H groups in total. The van der Waals surface area contributed by atoms with Crippen molar-refractivity contribution in [1.82, 2.24) is 24.9 Å². The lowest BCUT2D eigenvalue weighted by atomic mass is 10.2. The number of hydrogen-bond acceptors (Lipinski definition) is 6. The van der Waals surface area contributed by atoms with E-state index in [4.69, 9.17) is 0 Å². The molecule has 0 aliphatic heterocycles. The first-order valence-electron chi connectivity index (χ1n) is 9.81. The van der Waals surface area contributed by atoms with Crippen molar-refractivity contribution in [2.45, 2.75) is 49.0 Å². The molecule has 0 bridgehead atoms. The fourth-order valence-electron chi connectivity index (χ4n) is 3.14. The predicted octanol–water partition coefficient (Wildman–Crippen LogP) is 2.85. The second-order valence-corrected chi connectivity index (χ2v) is 9.40. The van der Waals surface area contributed by atoms with Crippen molar-refractivity contribution in [3.8, 4) is 0 Å². The van der Waals surface area contributed by atoms with E-state index in [-0.39, 0.29) is 10.9 Å². The second kappa shape index (κ2) is 7.23. The first kappa shape index (κ1) is 18.3. The van der Waals surface area contributed by atoms with Crippen LogP contribution in [0.15, 0.2) is 47.5 Å². The highest BCUT2D eigenvalue weighted by Crippen LogP contribution is 2.39. The Morgan fingerprint density at radius 2 is 1.86 bits per heavy atom. The van der Waals surface area contributed by atoms with Crippen LogP contribution in [-0.2, 0) is 16.4 Å². The van der Waals surface area contributed by atoms with Crippen LogP contribution < -0.4 is 10.0 Å². The van der Waals surface area contributed by atoms with Gasteiger partial charge in [0.2, 0.25) is 16.0 Å². The molecule has 150 valence electrons. The Morgan fingerprint density at radius 3 is 2.59 bits per heavy atom. The molecule has 5 rings (SSSR count). The summed E-state index contributed by atoms with van der Waals surface area (Å²) in [6.45, 7) is 0. The van der Waals surface area contributed by atoms with Crippen LogP contribution in [-0.4, -0.2) is 34.6 Å². The van der Waals surface area contributed by atoms with E-state index in [0.717, 1.165) is 35.6 Å². The SMILES string of the molecule is O=S(=O)(NC1CC1)c1ccc(Nc2nccc(Cc3cc(C4CC4)n[nH]3)n2)cc1. The van der Waals surface area contributed by atoms with E-state index in [9.17, 15) is 8.42 Å². The standard InChI is InChI=1S/C20H22N6O2S/c27-29(28,26-15-3-4-15)18-7-5-14(6-8-18)22-20-21-10-9-16(23-20)11-17-12-19(25-24-17)13-1-2-13/h5-10,12-13,15,26H,1-4,11H2,(H,24,25)(H,21,22,23). The van der Waals surface area contributed by atoms with Gasteiger partial charge in [-0.3, -0.25) is 5.10 Å². The third-order valence-electron chi connectivity index (χ3n) is 5.05. The predicted molar refractivity (Wildman–Crippen MR) is 108 cm³/mol. The minimum atomic E-state index is -3.45. The maximum absolute atomic E-state index is 12.3. The summed E-state index contributed by atoms with van der Waals surface area (Å²) in [5, 5.41) is 10.6. The Kier molecular flexibility index (Phi) is 4.56. The van der Waals surface area contributed by atoms with Crippen LogP contribution in [0.5, 0.6) is 0 Å². The Labute approximate surface area is 169 Å². The fraction of sp³-hybridized carbons (Fsp3) is 0.350.